The lowest BCUT2D eigenvalue weighted by molar-refractivity contribution is 0.416. The molecule has 33 heavy (non-hydrogen) atoms. The molecule has 1 heterocycles. The molecule has 0 bridgehead atoms. The normalized spacial score (nSPS) is 10.6. The molecule has 3 nitrogen and oxygen atoms in total. The number of halogens is 2. The van der Waals surface area contributed by atoms with Crippen molar-refractivity contribution in [3.8, 4) is 34.2 Å². The first kappa shape index (κ1) is 23.2. The number of benzene rings is 3. The second kappa shape index (κ2) is 10.3. The fraction of sp³-hybridized carbons (Fsp3) is 0.111. The number of aromatic nitrogens is 1. The third kappa shape index (κ3) is 5.17. The topological polar surface area (TPSA) is 45.9 Å². The molecule has 0 radical (unpaired) electrons. The highest BCUT2D eigenvalue weighted by Crippen LogP contribution is 2.39. The summed E-state index contributed by atoms with van der Waals surface area (Å²) < 4.78 is 5.59. The first-order valence-corrected chi connectivity index (χ1v) is 12.0. The van der Waals surface area contributed by atoms with Gasteiger partial charge in [0.05, 0.1) is 28.4 Å². The standard InChI is InChI=1S/C27H20Cl2N2OS/c1-17-7-10-19(11-8-17)25-14-21(20-5-3-4-6-26(20)32-2)22(15-30)27(31-25)33-16-18-9-12-23(28)24(29)13-18/h3-14H,16H2,1-2H3. The summed E-state index contributed by atoms with van der Waals surface area (Å²) in [5.74, 6) is 1.30. The van der Waals surface area contributed by atoms with Crippen molar-refractivity contribution in [1.29, 1.82) is 5.26 Å². The van der Waals surface area contributed by atoms with E-state index in [0.29, 0.717) is 32.1 Å². The van der Waals surface area contributed by atoms with Crippen molar-refractivity contribution in [1.82, 2.24) is 4.98 Å². The highest BCUT2D eigenvalue weighted by atomic mass is 35.5. The van der Waals surface area contributed by atoms with Gasteiger partial charge in [-0.2, -0.15) is 5.26 Å². The lowest BCUT2D eigenvalue weighted by Gasteiger charge is -2.15. The van der Waals surface area contributed by atoms with Crippen LogP contribution in [0.5, 0.6) is 5.75 Å². The van der Waals surface area contributed by atoms with E-state index in [4.69, 9.17) is 32.9 Å². The number of thioether (sulfide) groups is 1. The van der Waals surface area contributed by atoms with Gasteiger partial charge in [0, 0.05) is 22.4 Å². The molecule has 0 N–H and O–H groups in total. The highest BCUT2D eigenvalue weighted by molar-refractivity contribution is 7.98. The molecule has 3 aromatic carbocycles. The third-order valence-corrected chi connectivity index (χ3v) is 6.99. The first-order valence-electron chi connectivity index (χ1n) is 10.2. The molecule has 164 valence electrons. The Bertz CT molecular complexity index is 1350. The number of rotatable bonds is 6. The minimum absolute atomic E-state index is 0.506. The Morgan fingerprint density at radius 3 is 2.39 bits per heavy atom. The molecule has 0 amide bonds. The zero-order chi connectivity index (χ0) is 23.4. The summed E-state index contributed by atoms with van der Waals surface area (Å²) in [4.78, 5) is 4.88. The summed E-state index contributed by atoms with van der Waals surface area (Å²) in [6.07, 6.45) is 0. The molecule has 0 spiro atoms. The van der Waals surface area contributed by atoms with Crippen LogP contribution in [0.2, 0.25) is 10.0 Å². The molecule has 4 aromatic rings. The van der Waals surface area contributed by atoms with Gasteiger partial charge >= 0.3 is 0 Å². The van der Waals surface area contributed by atoms with Crippen molar-refractivity contribution in [2.45, 2.75) is 17.7 Å². The maximum atomic E-state index is 10.1. The molecule has 0 aliphatic heterocycles. The molecule has 0 saturated carbocycles. The van der Waals surface area contributed by atoms with Crippen molar-refractivity contribution >= 4 is 35.0 Å². The van der Waals surface area contributed by atoms with Crippen LogP contribution in [0, 0.1) is 18.3 Å². The number of hydrogen-bond acceptors (Lipinski definition) is 4. The predicted molar refractivity (Wildman–Crippen MR) is 137 cm³/mol. The first-order chi connectivity index (χ1) is 16.0. The number of pyridine rings is 1. The van der Waals surface area contributed by atoms with Gasteiger partial charge in [-0.3, -0.25) is 0 Å². The zero-order valence-corrected chi connectivity index (χ0v) is 20.4. The van der Waals surface area contributed by atoms with Crippen LogP contribution in [0.1, 0.15) is 16.7 Å². The predicted octanol–water partition coefficient (Wildman–Crippen LogP) is 8.20. The number of para-hydroxylation sites is 1. The second-order valence-corrected chi connectivity index (χ2v) is 9.23. The van der Waals surface area contributed by atoms with Gasteiger partial charge in [0.25, 0.3) is 0 Å². The maximum Gasteiger partial charge on any atom is 0.126 e. The maximum absolute atomic E-state index is 10.1. The Hall–Kier alpha value is -2.97. The summed E-state index contributed by atoms with van der Waals surface area (Å²) in [5, 5.41) is 11.8. The van der Waals surface area contributed by atoms with Gasteiger partial charge in [-0.15, -0.1) is 11.8 Å². The van der Waals surface area contributed by atoms with E-state index < -0.39 is 0 Å². The number of hydrogen-bond donors (Lipinski definition) is 0. The summed E-state index contributed by atoms with van der Waals surface area (Å²) >= 11 is 13.7. The minimum atomic E-state index is 0.506. The van der Waals surface area contributed by atoms with Gasteiger partial charge in [-0.1, -0.05) is 77.3 Å². The second-order valence-electron chi connectivity index (χ2n) is 7.45. The third-order valence-electron chi connectivity index (χ3n) is 5.20. The fourth-order valence-corrected chi connectivity index (χ4v) is 4.73. The van der Waals surface area contributed by atoms with Gasteiger partial charge in [-0.25, -0.2) is 4.98 Å². The van der Waals surface area contributed by atoms with Crippen LogP contribution < -0.4 is 4.74 Å². The van der Waals surface area contributed by atoms with E-state index in [1.54, 1.807) is 13.2 Å². The van der Waals surface area contributed by atoms with E-state index in [0.717, 1.165) is 27.9 Å². The summed E-state index contributed by atoms with van der Waals surface area (Å²) in [5.41, 5.74) is 6.11. The van der Waals surface area contributed by atoms with Crippen molar-refractivity contribution in [3.05, 3.63) is 99.5 Å². The number of nitriles is 1. The van der Waals surface area contributed by atoms with E-state index in [2.05, 4.69) is 25.1 Å². The van der Waals surface area contributed by atoms with E-state index in [1.165, 1.54) is 17.3 Å². The van der Waals surface area contributed by atoms with Crippen LogP contribution in [-0.4, -0.2) is 12.1 Å². The smallest absolute Gasteiger partial charge is 0.126 e. The van der Waals surface area contributed by atoms with E-state index >= 15 is 0 Å². The Balaban J connectivity index is 1.84. The number of aryl methyl sites for hydroxylation is 1. The van der Waals surface area contributed by atoms with Crippen LogP contribution in [-0.2, 0) is 5.75 Å². The zero-order valence-electron chi connectivity index (χ0n) is 18.1. The van der Waals surface area contributed by atoms with Gasteiger partial charge in [0.15, 0.2) is 0 Å². The molecular weight excluding hydrogens is 471 g/mol. The molecule has 1 aromatic heterocycles. The van der Waals surface area contributed by atoms with Crippen molar-refractivity contribution in [3.63, 3.8) is 0 Å². The molecule has 0 fully saturated rings. The van der Waals surface area contributed by atoms with Gasteiger partial charge in [0.1, 0.15) is 16.8 Å². The summed E-state index contributed by atoms with van der Waals surface area (Å²) in [6.45, 7) is 2.05. The molecule has 0 atom stereocenters. The van der Waals surface area contributed by atoms with Crippen LogP contribution in [0.3, 0.4) is 0 Å². The quantitative estimate of drug-likeness (QED) is 0.255. The van der Waals surface area contributed by atoms with E-state index in [-0.39, 0.29) is 0 Å². The number of nitrogens with zero attached hydrogens (tertiary/aromatic N) is 2. The molecule has 0 aliphatic rings. The number of methoxy groups -OCH3 is 1. The summed E-state index contributed by atoms with van der Waals surface area (Å²) in [6, 6.07) is 25.8. The van der Waals surface area contributed by atoms with Gasteiger partial charge in [-0.05, 0) is 36.8 Å². The SMILES string of the molecule is COc1ccccc1-c1cc(-c2ccc(C)cc2)nc(SCc2ccc(Cl)c(Cl)c2)c1C#N. The number of ether oxygens (including phenoxy) is 1. The van der Waals surface area contributed by atoms with Crippen molar-refractivity contribution in [2.75, 3.05) is 7.11 Å². The highest BCUT2D eigenvalue weighted by Gasteiger charge is 2.18. The van der Waals surface area contributed by atoms with Gasteiger partial charge < -0.3 is 4.74 Å². The largest absolute Gasteiger partial charge is 0.496 e. The lowest BCUT2D eigenvalue weighted by Crippen LogP contribution is -1.98. The average Bonchev–Trinajstić information content (AvgIpc) is 2.84. The van der Waals surface area contributed by atoms with Crippen LogP contribution >= 0.6 is 35.0 Å². The Morgan fingerprint density at radius 1 is 0.939 bits per heavy atom. The van der Waals surface area contributed by atoms with Crippen LogP contribution in [0.4, 0.5) is 0 Å². The average molecular weight is 491 g/mol. The van der Waals surface area contributed by atoms with E-state index in [1.807, 2.05) is 54.6 Å². The molecule has 0 unspecified atom stereocenters. The molecular formula is C27H20Cl2N2OS. The van der Waals surface area contributed by atoms with Crippen molar-refractivity contribution in [2.24, 2.45) is 0 Å². The lowest BCUT2D eigenvalue weighted by atomic mass is 9.98. The van der Waals surface area contributed by atoms with E-state index in [9.17, 15) is 5.26 Å². The molecule has 4 rings (SSSR count). The summed E-state index contributed by atoms with van der Waals surface area (Å²) in [7, 11) is 1.63. The molecule has 6 heteroatoms. The Kier molecular flexibility index (Phi) is 7.25. The van der Waals surface area contributed by atoms with Crippen LogP contribution in [0.25, 0.3) is 22.4 Å². The molecule has 0 saturated heterocycles. The Morgan fingerprint density at radius 2 is 1.70 bits per heavy atom. The monoisotopic (exact) mass is 490 g/mol. The van der Waals surface area contributed by atoms with Gasteiger partial charge in [0.2, 0.25) is 0 Å². The molecule has 0 aliphatic carbocycles. The fourth-order valence-electron chi connectivity index (χ4n) is 3.47. The van der Waals surface area contributed by atoms with Crippen LogP contribution in [0.15, 0.2) is 77.8 Å². The Labute approximate surface area is 208 Å². The minimum Gasteiger partial charge on any atom is -0.496 e. The van der Waals surface area contributed by atoms with Crippen molar-refractivity contribution < 1.29 is 4.74 Å².